The van der Waals surface area contributed by atoms with Crippen LogP contribution < -0.4 is 5.32 Å². The monoisotopic (exact) mass is 275 g/mol. The number of nitrogens with zero attached hydrogens (tertiary/aromatic N) is 2. The van der Waals surface area contributed by atoms with Gasteiger partial charge in [0.15, 0.2) is 0 Å². The van der Waals surface area contributed by atoms with E-state index in [4.69, 9.17) is 0 Å². The molecule has 1 amide bonds. The second-order valence-electron chi connectivity index (χ2n) is 5.01. The molecule has 104 valence electrons. The van der Waals surface area contributed by atoms with E-state index in [2.05, 4.69) is 5.32 Å². The number of piperidine rings is 1. The molecule has 1 atom stereocenters. The number of rotatable bonds is 3. The van der Waals surface area contributed by atoms with Gasteiger partial charge in [-0.1, -0.05) is 0 Å². The lowest BCUT2D eigenvalue weighted by atomic mass is 10.1. The predicted octanol–water partition coefficient (Wildman–Crippen LogP) is -0.0725. The summed E-state index contributed by atoms with van der Waals surface area (Å²) < 4.78 is 27.8. The van der Waals surface area contributed by atoms with E-state index in [0.29, 0.717) is 26.2 Å². The molecule has 2 fully saturated rings. The van der Waals surface area contributed by atoms with Crippen molar-refractivity contribution in [2.24, 2.45) is 0 Å². The van der Waals surface area contributed by atoms with Crippen molar-refractivity contribution in [2.45, 2.75) is 38.6 Å². The highest BCUT2D eigenvalue weighted by molar-refractivity contribution is 7.86. The van der Waals surface area contributed by atoms with Gasteiger partial charge in [0.25, 0.3) is 10.2 Å². The first-order valence-corrected chi connectivity index (χ1v) is 7.92. The van der Waals surface area contributed by atoms with E-state index in [9.17, 15) is 13.2 Å². The molecule has 0 aromatic heterocycles. The van der Waals surface area contributed by atoms with E-state index >= 15 is 0 Å². The van der Waals surface area contributed by atoms with Crippen molar-refractivity contribution in [2.75, 3.05) is 26.2 Å². The number of amides is 1. The van der Waals surface area contributed by atoms with E-state index < -0.39 is 10.2 Å². The molecule has 0 radical (unpaired) electrons. The van der Waals surface area contributed by atoms with Crippen LogP contribution in [-0.4, -0.2) is 55.2 Å². The summed E-state index contributed by atoms with van der Waals surface area (Å²) in [4.78, 5) is 11.0. The normalized spacial score (nSPS) is 27.3. The van der Waals surface area contributed by atoms with E-state index in [1.165, 1.54) is 11.2 Å². The minimum Gasteiger partial charge on any atom is -0.352 e. The number of hydrogen-bond acceptors (Lipinski definition) is 3. The number of carbonyl (C=O) groups is 1. The molecule has 2 aliphatic heterocycles. The molecule has 0 aromatic carbocycles. The molecule has 6 nitrogen and oxygen atoms in total. The summed E-state index contributed by atoms with van der Waals surface area (Å²) >= 11 is 0. The highest BCUT2D eigenvalue weighted by atomic mass is 32.2. The summed E-state index contributed by atoms with van der Waals surface area (Å²) in [5.41, 5.74) is 0. The average Bonchev–Trinajstić information content (AvgIpc) is 2.82. The van der Waals surface area contributed by atoms with Gasteiger partial charge in [0.2, 0.25) is 5.91 Å². The van der Waals surface area contributed by atoms with Crippen LogP contribution in [0.5, 0.6) is 0 Å². The maximum atomic E-state index is 12.4. The molecule has 2 aliphatic rings. The van der Waals surface area contributed by atoms with E-state index in [-0.39, 0.29) is 11.9 Å². The topological polar surface area (TPSA) is 69.7 Å². The summed E-state index contributed by atoms with van der Waals surface area (Å²) in [5.74, 6) is -0.0968. The van der Waals surface area contributed by atoms with Gasteiger partial charge in [-0.05, 0) is 25.7 Å². The highest BCUT2D eigenvalue weighted by Gasteiger charge is 2.34. The third-order valence-electron chi connectivity index (χ3n) is 3.51. The Morgan fingerprint density at radius 2 is 1.72 bits per heavy atom. The molecular formula is C11H21N3O3S. The molecule has 2 heterocycles. The van der Waals surface area contributed by atoms with Crippen molar-refractivity contribution in [3.8, 4) is 0 Å². The standard InChI is InChI=1S/C11H21N3O3S/c1-10(15)12-11-5-4-8-14(9-11)18(16,17)13-6-2-3-7-13/h11H,2-9H2,1H3,(H,12,15). The van der Waals surface area contributed by atoms with Gasteiger partial charge in [-0.15, -0.1) is 0 Å². The van der Waals surface area contributed by atoms with Crippen LogP contribution in [0.3, 0.4) is 0 Å². The zero-order valence-electron chi connectivity index (χ0n) is 10.8. The fraction of sp³-hybridized carbons (Fsp3) is 0.909. The molecule has 0 aromatic rings. The Kier molecular flexibility index (Phi) is 4.24. The predicted molar refractivity (Wildman–Crippen MR) is 68.1 cm³/mol. The third-order valence-corrected chi connectivity index (χ3v) is 5.51. The van der Waals surface area contributed by atoms with E-state index in [1.54, 1.807) is 4.31 Å². The molecule has 1 unspecified atom stereocenters. The van der Waals surface area contributed by atoms with Crippen LogP contribution in [0, 0.1) is 0 Å². The maximum Gasteiger partial charge on any atom is 0.282 e. The second kappa shape index (κ2) is 5.54. The van der Waals surface area contributed by atoms with E-state index in [0.717, 1.165) is 25.7 Å². The lowest BCUT2D eigenvalue weighted by molar-refractivity contribution is -0.119. The van der Waals surface area contributed by atoms with Gasteiger partial charge in [-0.3, -0.25) is 4.79 Å². The zero-order chi connectivity index (χ0) is 13.2. The van der Waals surface area contributed by atoms with Crippen molar-refractivity contribution < 1.29 is 13.2 Å². The van der Waals surface area contributed by atoms with Gasteiger partial charge in [0.1, 0.15) is 0 Å². The Bertz CT molecular complexity index is 404. The lowest BCUT2D eigenvalue weighted by Crippen LogP contribution is -2.52. The molecule has 1 N–H and O–H groups in total. The summed E-state index contributed by atoms with van der Waals surface area (Å²) in [6.07, 6.45) is 3.55. The van der Waals surface area contributed by atoms with Crippen molar-refractivity contribution in [3.05, 3.63) is 0 Å². The van der Waals surface area contributed by atoms with Crippen molar-refractivity contribution in [3.63, 3.8) is 0 Å². The van der Waals surface area contributed by atoms with Crippen LogP contribution in [0.4, 0.5) is 0 Å². The Balaban J connectivity index is 2.01. The number of nitrogens with one attached hydrogen (secondary N) is 1. The maximum absolute atomic E-state index is 12.4. The summed E-state index contributed by atoms with van der Waals surface area (Å²) in [5, 5.41) is 2.81. The summed E-state index contributed by atoms with van der Waals surface area (Å²) in [6, 6.07) is -0.0476. The lowest BCUT2D eigenvalue weighted by Gasteiger charge is -2.34. The minimum atomic E-state index is -3.32. The minimum absolute atomic E-state index is 0.0476. The number of hydrogen-bond donors (Lipinski definition) is 1. The largest absolute Gasteiger partial charge is 0.352 e. The van der Waals surface area contributed by atoms with E-state index in [1.807, 2.05) is 0 Å². The van der Waals surface area contributed by atoms with Crippen LogP contribution in [0.1, 0.15) is 32.6 Å². The fourth-order valence-electron chi connectivity index (χ4n) is 2.64. The molecule has 0 spiro atoms. The van der Waals surface area contributed by atoms with Gasteiger partial charge in [0, 0.05) is 39.1 Å². The molecule has 18 heavy (non-hydrogen) atoms. The molecule has 0 saturated carbocycles. The van der Waals surface area contributed by atoms with Crippen LogP contribution in [0.2, 0.25) is 0 Å². The second-order valence-corrected chi connectivity index (χ2v) is 6.94. The fourth-order valence-corrected chi connectivity index (χ4v) is 4.41. The smallest absolute Gasteiger partial charge is 0.282 e. The first-order valence-electron chi connectivity index (χ1n) is 6.52. The Morgan fingerprint density at radius 1 is 1.11 bits per heavy atom. The SMILES string of the molecule is CC(=O)NC1CCCN(S(=O)(=O)N2CCCC2)C1. The molecule has 7 heteroatoms. The third kappa shape index (κ3) is 3.02. The molecule has 0 bridgehead atoms. The molecular weight excluding hydrogens is 254 g/mol. The zero-order valence-corrected chi connectivity index (χ0v) is 11.6. The Hall–Kier alpha value is -0.660. The first kappa shape index (κ1) is 13.8. The van der Waals surface area contributed by atoms with Crippen LogP contribution in [-0.2, 0) is 15.0 Å². The molecule has 2 rings (SSSR count). The van der Waals surface area contributed by atoms with Gasteiger partial charge in [-0.2, -0.15) is 17.0 Å². The summed E-state index contributed by atoms with van der Waals surface area (Å²) in [6.45, 7) is 3.69. The Labute approximate surface area is 109 Å². The van der Waals surface area contributed by atoms with Crippen molar-refractivity contribution in [1.29, 1.82) is 0 Å². The van der Waals surface area contributed by atoms with Gasteiger partial charge in [0.05, 0.1) is 0 Å². The van der Waals surface area contributed by atoms with Crippen molar-refractivity contribution >= 4 is 16.1 Å². The average molecular weight is 275 g/mol. The molecule has 0 aliphatic carbocycles. The molecule has 2 saturated heterocycles. The van der Waals surface area contributed by atoms with Gasteiger partial charge >= 0.3 is 0 Å². The Morgan fingerprint density at radius 3 is 2.33 bits per heavy atom. The first-order chi connectivity index (χ1) is 8.50. The highest BCUT2D eigenvalue weighted by Crippen LogP contribution is 2.20. The van der Waals surface area contributed by atoms with Crippen LogP contribution in [0.15, 0.2) is 0 Å². The quantitative estimate of drug-likeness (QED) is 0.783. The number of carbonyl (C=O) groups excluding carboxylic acids is 1. The van der Waals surface area contributed by atoms with Crippen LogP contribution in [0.25, 0.3) is 0 Å². The van der Waals surface area contributed by atoms with Crippen molar-refractivity contribution in [1.82, 2.24) is 13.9 Å². The van der Waals surface area contributed by atoms with Gasteiger partial charge < -0.3 is 5.32 Å². The van der Waals surface area contributed by atoms with Crippen LogP contribution >= 0.6 is 0 Å². The van der Waals surface area contributed by atoms with Gasteiger partial charge in [-0.25, -0.2) is 0 Å². The summed E-state index contributed by atoms with van der Waals surface area (Å²) in [7, 11) is -3.32.